The minimum absolute atomic E-state index is 0.252. The van der Waals surface area contributed by atoms with E-state index in [9.17, 15) is 0 Å². The number of nitrogens with zero attached hydrogens (tertiary/aromatic N) is 3. The summed E-state index contributed by atoms with van der Waals surface area (Å²) in [6.07, 6.45) is 2.81. The van der Waals surface area contributed by atoms with E-state index in [2.05, 4.69) is 53.7 Å². The lowest BCUT2D eigenvalue weighted by molar-refractivity contribution is 0.751. The standard InChI is InChI=1S/C15H20N5P/c16-12-6-8-20(10-12)14-5-7-17-15(19-14)18-9-11-1-3-13(21)4-2-11/h1-5,7,12H,6,8-10,16,21H2,(H,17,18,19). The van der Waals surface area contributed by atoms with Crippen LogP contribution in [0.15, 0.2) is 36.5 Å². The Hall–Kier alpha value is -1.71. The zero-order valence-electron chi connectivity index (χ0n) is 11.9. The molecule has 0 spiro atoms. The highest BCUT2D eigenvalue weighted by Gasteiger charge is 2.20. The van der Waals surface area contributed by atoms with Crippen molar-refractivity contribution in [3.63, 3.8) is 0 Å². The second-order valence-electron chi connectivity index (χ2n) is 5.33. The molecule has 0 amide bonds. The number of aromatic nitrogens is 2. The summed E-state index contributed by atoms with van der Waals surface area (Å²) in [7, 11) is 2.69. The van der Waals surface area contributed by atoms with Crippen LogP contribution in [0.2, 0.25) is 0 Å². The van der Waals surface area contributed by atoms with E-state index in [1.807, 2.05) is 6.07 Å². The van der Waals surface area contributed by atoms with Gasteiger partial charge in [-0.2, -0.15) is 4.98 Å². The van der Waals surface area contributed by atoms with E-state index in [-0.39, 0.29) is 6.04 Å². The number of nitrogens with one attached hydrogen (secondary N) is 1. The van der Waals surface area contributed by atoms with Crippen LogP contribution in [0.3, 0.4) is 0 Å². The summed E-state index contributed by atoms with van der Waals surface area (Å²) in [5.74, 6) is 1.60. The summed E-state index contributed by atoms with van der Waals surface area (Å²) < 4.78 is 0. The van der Waals surface area contributed by atoms with Crippen LogP contribution in [0.1, 0.15) is 12.0 Å². The van der Waals surface area contributed by atoms with Gasteiger partial charge in [0.2, 0.25) is 5.95 Å². The number of hydrogen-bond acceptors (Lipinski definition) is 5. The third-order valence-electron chi connectivity index (χ3n) is 3.62. The van der Waals surface area contributed by atoms with Gasteiger partial charge in [-0.25, -0.2) is 4.98 Å². The summed E-state index contributed by atoms with van der Waals surface area (Å²) in [6, 6.07) is 10.5. The number of hydrogen-bond donors (Lipinski definition) is 2. The topological polar surface area (TPSA) is 67.1 Å². The van der Waals surface area contributed by atoms with Gasteiger partial charge < -0.3 is 16.0 Å². The first-order chi connectivity index (χ1) is 10.2. The molecule has 21 heavy (non-hydrogen) atoms. The van der Waals surface area contributed by atoms with Gasteiger partial charge in [-0.15, -0.1) is 9.24 Å². The Morgan fingerprint density at radius 1 is 1.29 bits per heavy atom. The molecule has 0 radical (unpaired) electrons. The van der Waals surface area contributed by atoms with Gasteiger partial charge in [-0.1, -0.05) is 24.3 Å². The molecule has 0 saturated carbocycles. The van der Waals surface area contributed by atoms with Gasteiger partial charge in [0.05, 0.1) is 0 Å². The highest BCUT2D eigenvalue weighted by molar-refractivity contribution is 7.27. The molecule has 1 aromatic heterocycles. The molecule has 3 rings (SSSR count). The number of nitrogens with two attached hydrogens (primary N) is 1. The summed E-state index contributed by atoms with van der Waals surface area (Å²) in [5, 5.41) is 4.45. The minimum Gasteiger partial charge on any atom is -0.355 e. The fourth-order valence-corrected chi connectivity index (χ4v) is 2.61. The van der Waals surface area contributed by atoms with E-state index in [4.69, 9.17) is 5.73 Å². The molecule has 1 saturated heterocycles. The average Bonchev–Trinajstić information content (AvgIpc) is 2.94. The van der Waals surface area contributed by atoms with Gasteiger partial charge in [0, 0.05) is 31.9 Å². The van der Waals surface area contributed by atoms with Crippen LogP contribution >= 0.6 is 9.24 Å². The van der Waals surface area contributed by atoms with Crippen molar-refractivity contribution >= 4 is 26.3 Å². The quantitative estimate of drug-likeness (QED) is 0.829. The Kier molecular flexibility index (Phi) is 4.32. The van der Waals surface area contributed by atoms with Crippen LogP contribution in [0.5, 0.6) is 0 Å². The van der Waals surface area contributed by atoms with Gasteiger partial charge in [0.1, 0.15) is 5.82 Å². The molecule has 3 N–H and O–H groups in total. The van der Waals surface area contributed by atoms with Crippen LogP contribution in [-0.4, -0.2) is 29.1 Å². The maximum Gasteiger partial charge on any atom is 0.224 e. The van der Waals surface area contributed by atoms with Crippen molar-refractivity contribution in [2.45, 2.75) is 19.0 Å². The smallest absolute Gasteiger partial charge is 0.224 e. The van der Waals surface area contributed by atoms with Crippen LogP contribution < -0.4 is 21.3 Å². The van der Waals surface area contributed by atoms with Crippen LogP contribution in [0, 0.1) is 0 Å². The first kappa shape index (κ1) is 14.2. The molecule has 2 atom stereocenters. The van der Waals surface area contributed by atoms with Gasteiger partial charge in [0.15, 0.2) is 0 Å². The number of benzene rings is 1. The lowest BCUT2D eigenvalue weighted by Gasteiger charge is -2.17. The molecule has 1 aliphatic heterocycles. The molecule has 2 heterocycles. The maximum absolute atomic E-state index is 5.94. The molecule has 0 aliphatic carbocycles. The second-order valence-corrected chi connectivity index (χ2v) is 6.00. The van der Waals surface area contributed by atoms with Crippen molar-refractivity contribution in [3.05, 3.63) is 42.1 Å². The molecule has 5 nitrogen and oxygen atoms in total. The van der Waals surface area contributed by atoms with Crippen molar-refractivity contribution < 1.29 is 0 Å². The normalized spacial score (nSPS) is 18.0. The van der Waals surface area contributed by atoms with Crippen molar-refractivity contribution in [2.75, 3.05) is 23.3 Å². The molecular formula is C15H20N5P. The lowest BCUT2D eigenvalue weighted by Crippen LogP contribution is -2.27. The second kappa shape index (κ2) is 6.37. The van der Waals surface area contributed by atoms with Crippen LogP contribution in [0.25, 0.3) is 0 Å². The van der Waals surface area contributed by atoms with E-state index in [0.29, 0.717) is 12.5 Å². The predicted molar refractivity (Wildman–Crippen MR) is 90.0 cm³/mol. The lowest BCUT2D eigenvalue weighted by atomic mass is 10.2. The number of rotatable bonds is 4. The fraction of sp³-hybridized carbons (Fsp3) is 0.333. The minimum atomic E-state index is 0.252. The van der Waals surface area contributed by atoms with Crippen molar-refractivity contribution in [1.29, 1.82) is 0 Å². The Bertz CT molecular complexity index is 601. The van der Waals surface area contributed by atoms with Crippen LogP contribution in [0.4, 0.5) is 11.8 Å². The Labute approximate surface area is 127 Å². The molecule has 1 aromatic carbocycles. The molecule has 2 unspecified atom stereocenters. The molecule has 1 fully saturated rings. The average molecular weight is 301 g/mol. The predicted octanol–water partition coefficient (Wildman–Crippen LogP) is 1.13. The molecule has 6 heteroatoms. The van der Waals surface area contributed by atoms with E-state index >= 15 is 0 Å². The summed E-state index contributed by atoms with van der Waals surface area (Å²) >= 11 is 0. The molecule has 0 bridgehead atoms. The Morgan fingerprint density at radius 2 is 2.10 bits per heavy atom. The van der Waals surface area contributed by atoms with Crippen LogP contribution in [-0.2, 0) is 6.54 Å². The third kappa shape index (κ3) is 3.69. The maximum atomic E-state index is 5.94. The zero-order valence-corrected chi connectivity index (χ0v) is 13.0. The van der Waals surface area contributed by atoms with Gasteiger partial charge in [-0.05, 0) is 23.4 Å². The molecule has 2 aromatic rings. The number of anilines is 2. The first-order valence-electron chi connectivity index (χ1n) is 7.12. The SMILES string of the molecule is NC1CCN(c2ccnc(NCc3ccc(P)cc3)n2)C1. The summed E-state index contributed by atoms with van der Waals surface area (Å²) in [4.78, 5) is 11.1. The highest BCUT2D eigenvalue weighted by Crippen LogP contribution is 2.18. The molecule has 110 valence electrons. The summed E-state index contributed by atoms with van der Waals surface area (Å²) in [6.45, 7) is 2.55. The van der Waals surface area contributed by atoms with Gasteiger partial charge >= 0.3 is 0 Å². The first-order valence-corrected chi connectivity index (χ1v) is 7.70. The Morgan fingerprint density at radius 3 is 2.81 bits per heavy atom. The van der Waals surface area contributed by atoms with E-state index in [1.54, 1.807) is 6.20 Å². The zero-order chi connectivity index (χ0) is 14.7. The van der Waals surface area contributed by atoms with E-state index in [1.165, 1.54) is 10.9 Å². The fourth-order valence-electron chi connectivity index (χ4n) is 2.42. The highest BCUT2D eigenvalue weighted by atomic mass is 31.0. The third-order valence-corrected chi connectivity index (χ3v) is 4.00. The van der Waals surface area contributed by atoms with Gasteiger partial charge in [-0.3, -0.25) is 0 Å². The Balaban J connectivity index is 1.64. The van der Waals surface area contributed by atoms with Crippen molar-refractivity contribution in [3.8, 4) is 0 Å². The monoisotopic (exact) mass is 301 g/mol. The van der Waals surface area contributed by atoms with E-state index < -0.39 is 0 Å². The van der Waals surface area contributed by atoms with Gasteiger partial charge in [0.25, 0.3) is 0 Å². The van der Waals surface area contributed by atoms with Crippen molar-refractivity contribution in [2.24, 2.45) is 5.73 Å². The van der Waals surface area contributed by atoms with Crippen molar-refractivity contribution in [1.82, 2.24) is 9.97 Å². The molecule has 1 aliphatic rings. The largest absolute Gasteiger partial charge is 0.355 e. The summed E-state index contributed by atoms with van der Waals surface area (Å²) in [5.41, 5.74) is 7.15. The van der Waals surface area contributed by atoms with E-state index in [0.717, 1.165) is 25.3 Å². The molecular weight excluding hydrogens is 281 g/mol.